The number of unbranched alkanes of at least 4 members (excludes halogenated alkanes) is 15. The van der Waals surface area contributed by atoms with Crippen LogP contribution in [0.25, 0.3) is 0 Å². The zero-order valence-corrected chi connectivity index (χ0v) is 17.0. The second-order valence-electron chi connectivity index (χ2n) is 7.13. The van der Waals surface area contributed by atoms with E-state index in [1.54, 1.807) is 0 Å². The summed E-state index contributed by atoms with van der Waals surface area (Å²) < 4.78 is 4.64. The summed E-state index contributed by atoms with van der Waals surface area (Å²) in [6.45, 7) is 2.27. The third-order valence-electron chi connectivity index (χ3n) is 4.69. The fourth-order valence-corrected chi connectivity index (χ4v) is 2.99. The molecule has 0 aliphatic rings. The summed E-state index contributed by atoms with van der Waals surface area (Å²) in [5.41, 5.74) is 0. The van der Waals surface area contributed by atoms with Crippen LogP contribution in [0.5, 0.6) is 0 Å². The predicted octanol–water partition coefficient (Wildman–Crippen LogP) is 7.20. The topological polar surface area (TPSA) is 26.3 Å². The number of ether oxygens (including phenoxy) is 1. The largest absolute Gasteiger partial charge is 0.469 e. The van der Waals surface area contributed by atoms with Crippen molar-refractivity contribution in [2.45, 2.75) is 122 Å². The Labute approximate surface area is 157 Å². The highest BCUT2D eigenvalue weighted by atomic mass is 16.5. The molecule has 0 aromatic heterocycles. The first-order chi connectivity index (χ1) is 12.3. The highest BCUT2D eigenvalue weighted by Crippen LogP contribution is 2.11. The van der Waals surface area contributed by atoms with Crippen molar-refractivity contribution in [2.24, 2.45) is 0 Å². The molecule has 0 aromatic carbocycles. The summed E-state index contributed by atoms with van der Waals surface area (Å²) in [6.07, 6.45) is 22.2. The maximum absolute atomic E-state index is 11.0. The van der Waals surface area contributed by atoms with Gasteiger partial charge < -0.3 is 4.74 Å². The van der Waals surface area contributed by atoms with Gasteiger partial charge in [0.2, 0.25) is 0 Å². The number of carbonyl (C=O) groups excluding carboxylic acids is 1. The van der Waals surface area contributed by atoms with E-state index in [1.165, 1.54) is 90.6 Å². The van der Waals surface area contributed by atoms with Gasteiger partial charge in [-0.05, 0) is 19.3 Å². The van der Waals surface area contributed by atoms with Gasteiger partial charge in [-0.1, -0.05) is 84.0 Å². The lowest BCUT2D eigenvalue weighted by atomic mass is 10.1. The van der Waals surface area contributed by atoms with E-state index < -0.39 is 0 Å². The summed E-state index contributed by atoms with van der Waals surface area (Å²) in [7, 11) is 1.46. The molecule has 0 saturated heterocycles. The van der Waals surface area contributed by atoms with Gasteiger partial charge in [0.15, 0.2) is 0 Å². The third-order valence-corrected chi connectivity index (χ3v) is 4.69. The van der Waals surface area contributed by atoms with Crippen molar-refractivity contribution in [1.82, 2.24) is 0 Å². The molecule has 0 heterocycles. The predicted molar refractivity (Wildman–Crippen MR) is 109 cm³/mol. The van der Waals surface area contributed by atoms with Crippen LogP contribution in [0.4, 0.5) is 0 Å². The Morgan fingerprint density at radius 3 is 1.48 bits per heavy atom. The Morgan fingerprint density at radius 2 is 1.04 bits per heavy atom. The van der Waals surface area contributed by atoms with E-state index in [0.29, 0.717) is 6.42 Å². The van der Waals surface area contributed by atoms with Gasteiger partial charge in [-0.3, -0.25) is 4.79 Å². The number of rotatable bonds is 17. The van der Waals surface area contributed by atoms with Crippen LogP contribution in [0.1, 0.15) is 122 Å². The first-order valence-electron chi connectivity index (χ1n) is 10.8. The maximum Gasteiger partial charge on any atom is 0.305 e. The van der Waals surface area contributed by atoms with Gasteiger partial charge in [-0.25, -0.2) is 0 Å². The van der Waals surface area contributed by atoms with Crippen molar-refractivity contribution >= 4 is 5.97 Å². The molecule has 0 bridgehead atoms. The lowest BCUT2D eigenvalue weighted by Gasteiger charge is -2.02. The van der Waals surface area contributed by atoms with Crippen molar-refractivity contribution in [1.29, 1.82) is 0 Å². The summed E-state index contributed by atoms with van der Waals surface area (Å²) in [4.78, 5) is 11.0. The fourth-order valence-electron chi connectivity index (χ4n) is 2.99. The standard InChI is InChI=1S/C23H42O2/c1-3-4-5-6-7-8-9-10-11-12-13-14-15-16-17-18-19-20-21-22-23(24)25-2/h3-9,12-22H2,1-2H3. The second-order valence-corrected chi connectivity index (χ2v) is 7.13. The molecule has 0 spiro atoms. The van der Waals surface area contributed by atoms with Crippen LogP contribution in [0.3, 0.4) is 0 Å². The van der Waals surface area contributed by atoms with Crippen LogP contribution in [0.2, 0.25) is 0 Å². The minimum absolute atomic E-state index is 0.0740. The molecule has 0 aromatic rings. The van der Waals surface area contributed by atoms with Crippen molar-refractivity contribution in [3.63, 3.8) is 0 Å². The quantitative estimate of drug-likeness (QED) is 0.157. The molecule has 0 aliphatic heterocycles. The average Bonchev–Trinajstić information content (AvgIpc) is 2.63. The number of carbonyl (C=O) groups is 1. The average molecular weight is 351 g/mol. The zero-order valence-electron chi connectivity index (χ0n) is 17.0. The molecule has 0 fully saturated rings. The molecular weight excluding hydrogens is 308 g/mol. The first-order valence-corrected chi connectivity index (χ1v) is 10.8. The Balaban J connectivity index is 3.12. The Hall–Kier alpha value is -0.970. The lowest BCUT2D eigenvalue weighted by Crippen LogP contribution is -1.99. The zero-order chi connectivity index (χ0) is 18.4. The summed E-state index contributed by atoms with van der Waals surface area (Å²) in [5, 5.41) is 0. The van der Waals surface area contributed by atoms with Gasteiger partial charge >= 0.3 is 5.97 Å². The highest BCUT2D eigenvalue weighted by Gasteiger charge is 1.99. The first kappa shape index (κ1) is 24.0. The van der Waals surface area contributed by atoms with Gasteiger partial charge in [-0.15, -0.1) is 11.8 Å². The summed E-state index contributed by atoms with van der Waals surface area (Å²) >= 11 is 0. The monoisotopic (exact) mass is 350 g/mol. The van der Waals surface area contributed by atoms with Gasteiger partial charge in [0, 0.05) is 19.3 Å². The van der Waals surface area contributed by atoms with Gasteiger partial charge in [-0.2, -0.15) is 0 Å². The highest BCUT2D eigenvalue weighted by molar-refractivity contribution is 5.68. The molecule has 146 valence electrons. The van der Waals surface area contributed by atoms with Crippen LogP contribution in [-0.2, 0) is 9.53 Å². The van der Waals surface area contributed by atoms with Gasteiger partial charge in [0.25, 0.3) is 0 Å². The molecule has 25 heavy (non-hydrogen) atoms. The number of hydrogen-bond acceptors (Lipinski definition) is 2. The molecule has 0 aliphatic carbocycles. The van der Waals surface area contributed by atoms with E-state index in [9.17, 15) is 4.79 Å². The SMILES string of the molecule is CCCCCCCCC#CCCCCCCCCCCCC(=O)OC. The Morgan fingerprint density at radius 1 is 0.640 bits per heavy atom. The number of esters is 1. The lowest BCUT2D eigenvalue weighted by molar-refractivity contribution is -0.140. The van der Waals surface area contributed by atoms with Crippen molar-refractivity contribution in [2.75, 3.05) is 7.11 Å². The normalized spacial score (nSPS) is 10.3. The molecule has 0 amide bonds. The van der Waals surface area contributed by atoms with Crippen LogP contribution in [-0.4, -0.2) is 13.1 Å². The second kappa shape index (κ2) is 21.1. The minimum atomic E-state index is -0.0740. The molecule has 0 rings (SSSR count). The smallest absolute Gasteiger partial charge is 0.305 e. The Bertz CT molecular complexity index is 338. The fraction of sp³-hybridized carbons (Fsp3) is 0.870. The molecule has 0 unspecified atom stereocenters. The van der Waals surface area contributed by atoms with Crippen LogP contribution in [0.15, 0.2) is 0 Å². The van der Waals surface area contributed by atoms with E-state index in [2.05, 4.69) is 23.5 Å². The summed E-state index contributed by atoms with van der Waals surface area (Å²) in [5.74, 6) is 6.60. The molecule has 2 nitrogen and oxygen atoms in total. The molecule has 0 radical (unpaired) electrons. The number of hydrogen-bond donors (Lipinski definition) is 0. The van der Waals surface area contributed by atoms with E-state index in [0.717, 1.165) is 25.7 Å². The van der Waals surface area contributed by atoms with Gasteiger partial charge in [0.1, 0.15) is 0 Å². The molecular formula is C23H42O2. The molecule has 2 heteroatoms. The molecule has 0 N–H and O–H groups in total. The number of methoxy groups -OCH3 is 1. The van der Waals surface area contributed by atoms with E-state index in [1.807, 2.05) is 0 Å². The van der Waals surface area contributed by atoms with E-state index >= 15 is 0 Å². The van der Waals surface area contributed by atoms with Crippen LogP contribution < -0.4 is 0 Å². The van der Waals surface area contributed by atoms with Crippen molar-refractivity contribution < 1.29 is 9.53 Å². The van der Waals surface area contributed by atoms with Crippen molar-refractivity contribution in [3.05, 3.63) is 0 Å². The van der Waals surface area contributed by atoms with E-state index in [4.69, 9.17) is 0 Å². The van der Waals surface area contributed by atoms with Crippen molar-refractivity contribution in [3.8, 4) is 11.8 Å². The maximum atomic E-state index is 11.0. The van der Waals surface area contributed by atoms with Crippen LogP contribution in [0, 0.1) is 11.8 Å². The molecule has 0 saturated carbocycles. The van der Waals surface area contributed by atoms with Gasteiger partial charge in [0.05, 0.1) is 7.11 Å². The Kier molecular flexibility index (Phi) is 20.3. The van der Waals surface area contributed by atoms with Crippen LogP contribution >= 0.6 is 0 Å². The third kappa shape index (κ3) is 21.0. The summed E-state index contributed by atoms with van der Waals surface area (Å²) in [6, 6.07) is 0. The minimum Gasteiger partial charge on any atom is -0.469 e. The molecule has 0 atom stereocenters. The van der Waals surface area contributed by atoms with E-state index in [-0.39, 0.29) is 5.97 Å².